The van der Waals surface area contributed by atoms with Crippen molar-refractivity contribution in [3.05, 3.63) is 34.9 Å². The lowest BCUT2D eigenvalue weighted by Crippen LogP contribution is -2.24. The Labute approximate surface area is 101 Å². The number of hydrogen-bond acceptors (Lipinski definition) is 3. The van der Waals surface area contributed by atoms with Gasteiger partial charge >= 0.3 is 0 Å². The normalized spacial score (nSPS) is 13.5. The highest BCUT2D eigenvalue weighted by Gasteiger charge is 2.13. The Balaban J connectivity index is 1.91. The smallest absolute Gasteiger partial charge is 0.251 e. The van der Waals surface area contributed by atoms with Gasteiger partial charge in [-0.05, 0) is 36.1 Å². The molecule has 4 heteroatoms. The molecule has 17 heavy (non-hydrogen) atoms. The van der Waals surface area contributed by atoms with Crippen molar-refractivity contribution in [3.8, 4) is 0 Å². The first kappa shape index (κ1) is 12.1. The van der Waals surface area contributed by atoms with Crippen LogP contribution in [0.15, 0.2) is 18.2 Å². The number of carbonyl (C=O) groups is 1. The third-order valence-corrected chi connectivity index (χ3v) is 2.85. The number of amides is 1. The van der Waals surface area contributed by atoms with Gasteiger partial charge in [-0.2, -0.15) is 0 Å². The molecule has 0 spiro atoms. The predicted octanol–water partition coefficient (Wildman–Crippen LogP) is 1.22. The number of carbonyl (C=O) groups excluding carboxylic acids is 1. The third-order valence-electron chi connectivity index (χ3n) is 2.85. The summed E-state index contributed by atoms with van der Waals surface area (Å²) in [6.07, 6.45) is 1.52. The minimum Gasteiger partial charge on any atom is -0.396 e. The van der Waals surface area contributed by atoms with E-state index in [9.17, 15) is 4.79 Å². The average molecular weight is 235 g/mol. The molecule has 0 unspecified atom stereocenters. The zero-order valence-corrected chi connectivity index (χ0v) is 9.74. The van der Waals surface area contributed by atoms with Crippen LogP contribution in [0, 0.1) is 0 Å². The molecule has 0 saturated heterocycles. The van der Waals surface area contributed by atoms with Crippen LogP contribution < -0.4 is 5.32 Å². The van der Waals surface area contributed by atoms with Crippen molar-refractivity contribution in [1.82, 2.24) is 5.32 Å². The maximum Gasteiger partial charge on any atom is 0.251 e. The summed E-state index contributed by atoms with van der Waals surface area (Å²) >= 11 is 0. The van der Waals surface area contributed by atoms with E-state index in [1.807, 2.05) is 18.2 Å². The van der Waals surface area contributed by atoms with Crippen molar-refractivity contribution in [2.45, 2.75) is 26.1 Å². The van der Waals surface area contributed by atoms with Crippen LogP contribution in [0.5, 0.6) is 0 Å². The van der Waals surface area contributed by atoms with E-state index in [0.29, 0.717) is 25.3 Å². The number of hydrogen-bond donors (Lipinski definition) is 2. The molecule has 0 fully saturated rings. The van der Waals surface area contributed by atoms with Crippen molar-refractivity contribution >= 4 is 5.91 Å². The molecule has 2 N–H and O–H groups in total. The molecule has 0 aromatic heterocycles. The van der Waals surface area contributed by atoms with Gasteiger partial charge in [0.05, 0.1) is 13.2 Å². The van der Waals surface area contributed by atoms with E-state index in [1.54, 1.807) is 0 Å². The zero-order valence-electron chi connectivity index (χ0n) is 9.74. The fourth-order valence-corrected chi connectivity index (χ4v) is 1.85. The van der Waals surface area contributed by atoms with Crippen LogP contribution in [0.25, 0.3) is 0 Å². The quantitative estimate of drug-likeness (QED) is 0.754. The van der Waals surface area contributed by atoms with Crippen LogP contribution >= 0.6 is 0 Å². The molecule has 1 aliphatic rings. The number of rotatable bonds is 5. The van der Waals surface area contributed by atoms with E-state index in [-0.39, 0.29) is 12.5 Å². The number of aliphatic hydroxyl groups excluding tert-OH is 1. The summed E-state index contributed by atoms with van der Waals surface area (Å²) < 4.78 is 5.30. The summed E-state index contributed by atoms with van der Waals surface area (Å²) in [5.41, 5.74) is 2.95. The van der Waals surface area contributed by atoms with Gasteiger partial charge in [0.15, 0.2) is 0 Å². The predicted molar refractivity (Wildman–Crippen MR) is 63.6 cm³/mol. The summed E-state index contributed by atoms with van der Waals surface area (Å²) in [5, 5.41) is 11.5. The van der Waals surface area contributed by atoms with Gasteiger partial charge < -0.3 is 15.2 Å². The Morgan fingerprint density at radius 1 is 1.29 bits per heavy atom. The fourth-order valence-electron chi connectivity index (χ4n) is 1.85. The Morgan fingerprint density at radius 2 is 2.12 bits per heavy atom. The van der Waals surface area contributed by atoms with E-state index in [0.717, 1.165) is 18.4 Å². The molecule has 0 saturated carbocycles. The first-order chi connectivity index (χ1) is 8.31. The number of ether oxygens (including phenoxy) is 1. The summed E-state index contributed by atoms with van der Waals surface area (Å²) in [5.74, 6) is -0.0577. The van der Waals surface area contributed by atoms with Crippen molar-refractivity contribution in [1.29, 1.82) is 0 Å². The second kappa shape index (κ2) is 5.80. The summed E-state index contributed by atoms with van der Waals surface area (Å²) in [6.45, 7) is 2.02. The maximum atomic E-state index is 11.8. The highest BCUT2D eigenvalue weighted by Crippen LogP contribution is 2.20. The van der Waals surface area contributed by atoms with Crippen LogP contribution in [-0.4, -0.2) is 24.2 Å². The van der Waals surface area contributed by atoms with Crippen molar-refractivity contribution < 1.29 is 14.6 Å². The van der Waals surface area contributed by atoms with Crippen LogP contribution in [-0.2, 0) is 18.0 Å². The highest BCUT2D eigenvalue weighted by molar-refractivity contribution is 5.94. The number of benzene rings is 1. The molecule has 0 atom stereocenters. The molecule has 1 amide bonds. The molecule has 92 valence electrons. The zero-order chi connectivity index (χ0) is 12.1. The second-order valence-electron chi connectivity index (χ2n) is 4.16. The van der Waals surface area contributed by atoms with Gasteiger partial charge in [0.2, 0.25) is 0 Å². The Hall–Kier alpha value is -1.39. The van der Waals surface area contributed by atoms with E-state index in [2.05, 4.69) is 5.32 Å². The van der Waals surface area contributed by atoms with Crippen LogP contribution in [0.1, 0.15) is 34.3 Å². The minimum atomic E-state index is -0.0577. The van der Waals surface area contributed by atoms with E-state index < -0.39 is 0 Å². The molecule has 1 heterocycles. The van der Waals surface area contributed by atoms with Crippen LogP contribution in [0.4, 0.5) is 0 Å². The SMILES string of the molecule is O=C(NCCCCO)c1ccc2c(c1)COC2. The minimum absolute atomic E-state index is 0.0577. The van der Waals surface area contributed by atoms with Crippen LogP contribution in [0.3, 0.4) is 0 Å². The number of unbranched alkanes of at least 4 members (excludes halogenated alkanes) is 1. The molecule has 0 bridgehead atoms. The first-order valence-electron chi connectivity index (χ1n) is 5.90. The van der Waals surface area contributed by atoms with E-state index >= 15 is 0 Å². The molecule has 1 aromatic rings. The van der Waals surface area contributed by atoms with Gasteiger partial charge in [-0.1, -0.05) is 6.07 Å². The van der Waals surface area contributed by atoms with Gasteiger partial charge in [0.1, 0.15) is 0 Å². The van der Waals surface area contributed by atoms with Gasteiger partial charge in [-0.25, -0.2) is 0 Å². The Bertz CT molecular complexity index is 404. The Morgan fingerprint density at radius 3 is 2.94 bits per heavy atom. The third kappa shape index (κ3) is 3.05. The maximum absolute atomic E-state index is 11.8. The highest BCUT2D eigenvalue weighted by atomic mass is 16.5. The largest absolute Gasteiger partial charge is 0.396 e. The monoisotopic (exact) mass is 235 g/mol. The lowest BCUT2D eigenvalue weighted by molar-refractivity contribution is 0.0952. The molecule has 4 nitrogen and oxygen atoms in total. The first-order valence-corrected chi connectivity index (χ1v) is 5.90. The van der Waals surface area contributed by atoms with Gasteiger partial charge in [-0.15, -0.1) is 0 Å². The molecule has 0 aliphatic carbocycles. The standard InChI is InChI=1S/C13H17NO3/c15-6-2-1-5-14-13(16)10-3-4-11-8-17-9-12(11)7-10/h3-4,7,15H,1-2,5-6,8-9H2,(H,14,16). The Kier molecular flexibility index (Phi) is 4.12. The summed E-state index contributed by atoms with van der Waals surface area (Å²) in [7, 11) is 0. The summed E-state index contributed by atoms with van der Waals surface area (Å²) in [6, 6.07) is 5.67. The number of nitrogens with one attached hydrogen (secondary N) is 1. The van der Waals surface area contributed by atoms with Crippen molar-refractivity contribution in [2.75, 3.05) is 13.2 Å². The fraction of sp³-hybridized carbons (Fsp3) is 0.462. The van der Waals surface area contributed by atoms with Crippen LogP contribution in [0.2, 0.25) is 0 Å². The second-order valence-corrected chi connectivity index (χ2v) is 4.16. The molecular weight excluding hydrogens is 218 g/mol. The molecule has 2 rings (SSSR count). The summed E-state index contributed by atoms with van der Waals surface area (Å²) in [4.78, 5) is 11.8. The van der Waals surface area contributed by atoms with Crippen molar-refractivity contribution in [2.24, 2.45) is 0 Å². The lowest BCUT2D eigenvalue weighted by Gasteiger charge is -2.05. The number of aliphatic hydroxyl groups is 1. The van der Waals surface area contributed by atoms with E-state index in [4.69, 9.17) is 9.84 Å². The molecule has 1 aromatic carbocycles. The van der Waals surface area contributed by atoms with Gasteiger partial charge in [-0.3, -0.25) is 4.79 Å². The molecule has 0 radical (unpaired) electrons. The topological polar surface area (TPSA) is 58.6 Å². The van der Waals surface area contributed by atoms with Gasteiger partial charge in [0.25, 0.3) is 5.91 Å². The van der Waals surface area contributed by atoms with Gasteiger partial charge in [0, 0.05) is 18.7 Å². The lowest BCUT2D eigenvalue weighted by atomic mass is 10.1. The van der Waals surface area contributed by atoms with E-state index in [1.165, 1.54) is 5.56 Å². The number of fused-ring (bicyclic) bond motifs is 1. The molecule has 1 aliphatic heterocycles. The average Bonchev–Trinajstić information content (AvgIpc) is 2.81. The molecular formula is C13H17NO3. The van der Waals surface area contributed by atoms with Crippen molar-refractivity contribution in [3.63, 3.8) is 0 Å².